The first kappa shape index (κ1) is 33.0. The topological polar surface area (TPSA) is 201 Å². The van der Waals surface area contributed by atoms with Crippen LogP contribution in [0.5, 0.6) is 0 Å². The molecule has 4 N–H and O–H groups in total. The minimum absolute atomic E-state index is 0.0147. The molecule has 0 spiro atoms. The minimum atomic E-state index is -3.64. The number of hydrogen-bond donors (Lipinski definition) is 2. The summed E-state index contributed by atoms with van der Waals surface area (Å²) < 4.78 is 72.2. The fraction of sp³-hybridized carbons (Fsp3) is 0.400. The number of guanidine groups is 1. The lowest BCUT2D eigenvalue weighted by molar-refractivity contribution is 0.100. The van der Waals surface area contributed by atoms with Gasteiger partial charge >= 0.3 is 0 Å². The molecule has 2 fully saturated rings. The van der Waals surface area contributed by atoms with Crippen LogP contribution in [0.15, 0.2) is 48.8 Å². The fourth-order valence-electron chi connectivity index (χ4n) is 3.76. The Balaban J connectivity index is 0.000000228. The molecule has 2 aromatic carbocycles. The Morgan fingerprint density at radius 3 is 1.46 bits per heavy atom. The van der Waals surface area contributed by atoms with Crippen LogP contribution in [0.4, 0.5) is 0 Å². The van der Waals surface area contributed by atoms with Gasteiger partial charge in [0.05, 0.1) is 41.2 Å². The summed E-state index contributed by atoms with van der Waals surface area (Å²) in [6.07, 6.45) is 5.34. The van der Waals surface area contributed by atoms with E-state index in [4.69, 9.17) is 23.1 Å². The van der Waals surface area contributed by atoms with Crippen molar-refractivity contribution < 1.29 is 34.8 Å². The van der Waals surface area contributed by atoms with Crippen LogP contribution in [0.3, 0.4) is 0 Å². The highest BCUT2D eigenvalue weighted by Gasteiger charge is 2.34. The number of nitrogens with two attached hydrogens (primary N) is 2. The maximum Gasteiger partial charge on any atom is 0.280 e. The van der Waals surface area contributed by atoms with Gasteiger partial charge in [0.15, 0.2) is 25.6 Å². The summed E-state index contributed by atoms with van der Waals surface area (Å²) in [5, 5.41) is -0.706. The molecule has 11 nitrogen and oxygen atoms in total. The predicted molar refractivity (Wildman–Crippen MR) is 158 cm³/mol. The molecule has 224 valence electrons. The number of hydrogen-bond acceptors (Lipinski definition) is 8. The number of amides is 1. The van der Waals surface area contributed by atoms with Gasteiger partial charge in [0.25, 0.3) is 11.1 Å². The molecular weight excluding hydrogens is 634 g/mol. The molecule has 2 aliphatic rings. The van der Waals surface area contributed by atoms with Gasteiger partial charge in [0.2, 0.25) is 0 Å². The lowest BCUT2D eigenvalue weighted by atomic mass is 10.1. The first-order valence-corrected chi connectivity index (χ1v) is 18.8. The Labute approximate surface area is 248 Å². The molecule has 0 saturated heterocycles. The van der Waals surface area contributed by atoms with E-state index in [9.17, 15) is 34.8 Å². The third-order valence-corrected chi connectivity index (χ3v) is 12.6. The zero-order valence-corrected chi connectivity index (χ0v) is 26.7. The van der Waals surface area contributed by atoms with E-state index in [2.05, 4.69) is 4.99 Å². The van der Waals surface area contributed by atoms with Gasteiger partial charge in [-0.05, 0) is 86.5 Å². The molecular formula is C25H30ClN3O8S4. The number of aliphatic imine (C=N–C) groups is 1. The summed E-state index contributed by atoms with van der Waals surface area (Å²) >= 11 is 5.43. The molecule has 0 heterocycles. The van der Waals surface area contributed by atoms with Crippen LogP contribution in [-0.2, 0) is 41.3 Å². The molecule has 1 amide bonds. The first-order chi connectivity index (χ1) is 18.8. The predicted octanol–water partition coefficient (Wildman–Crippen LogP) is 2.13. The standard InChI is InChI=1S/C13H17N3O4S2.C12H13ClO4S2/c1-7-5-10(21(18)8-3-4-8)11(22(2,19)20)6-9(7)12(17)16-13(14)15;1-7-5-10(18(15)8-3-4-8)11(19(2,16)17)6-9(7)12(13)14/h5-6,8H,3-4H2,1-2H3,(H4,14,15,16,17);5-6,8H,3-4H2,1-2H3. The van der Waals surface area contributed by atoms with Crippen molar-refractivity contribution in [1.82, 2.24) is 0 Å². The SMILES string of the molecule is Cc1cc(S(=O)C2CC2)c(S(C)(=O)=O)cc1C(=O)Cl.Cc1cc(S(=O)C2CC2)c(S(C)(=O)=O)cc1C(=O)N=C(N)N. The highest BCUT2D eigenvalue weighted by Crippen LogP contribution is 2.35. The number of aryl methyl sites for hydroxylation is 2. The quantitative estimate of drug-likeness (QED) is 0.239. The van der Waals surface area contributed by atoms with Crippen LogP contribution in [0, 0.1) is 13.8 Å². The van der Waals surface area contributed by atoms with E-state index >= 15 is 0 Å². The number of nitrogens with zero attached hydrogens (tertiary/aromatic N) is 1. The van der Waals surface area contributed by atoms with Gasteiger partial charge in [-0.2, -0.15) is 4.99 Å². The van der Waals surface area contributed by atoms with Crippen molar-refractivity contribution in [2.24, 2.45) is 16.5 Å². The number of carbonyl (C=O) groups excluding carboxylic acids is 2. The largest absolute Gasteiger partial charge is 0.370 e. The second kappa shape index (κ2) is 12.4. The summed E-state index contributed by atoms with van der Waals surface area (Å²) in [4.78, 5) is 27.0. The number of sulfone groups is 2. The van der Waals surface area contributed by atoms with E-state index in [1.54, 1.807) is 13.8 Å². The molecule has 0 bridgehead atoms. The Kier molecular flexibility index (Phi) is 10.0. The van der Waals surface area contributed by atoms with Crippen molar-refractivity contribution in [3.63, 3.8) is 0 Å². The average Bonchev–Trinajstić information content (AvgIpc) is 3.74. The van der Waals surface area contributed by atoms with E-state index in [1.807, 2.05) is 0 Å². The average molecular weight is 664 g/mol. The third kappa shape index (κ3) is 8.31. The van der Waals surface area contributed by atoms with Crippen LogP contribution in [0.25, 0.3) is 0 Å². The molecule has 2 atom stereocenters. The summed E-state index contributed by atoms with van der Waals surface area (Å²) in [7, 11) is -9.95. The maximum atomic E-state index is 12.4. The number of rotatable bonds is 8. The molecule has 0 aromatic heterocycles. The van der Waals surface area contributed by atoms with Crippen molar-refractivity contribution in [1.29, 1.82) is 0 Å². The molecule has 2 aliphatic carbocycles. The summed E-state index contributed by atoms with van der Waals surface area (Å²) in [6.45, 7) is 3.27. The van der Waals surface area contributed by atoms with Gasteiger partial charge in [-0.15, -0.1) is 0 Å². The van der Waals surface area contributed by atoms with Crippen molar-refractivity contribution in [3.05, 3.63) is 46.5 Å². The minimum Gasteiger partial charge on any atom is -0.370 e. The molecule has 0 radical (unpaired) electrons. The number of halogens is 1. The molecule has 16 heteroatoms. The van der Waals surface area contributed by atoms with Gasteiger partial charge in [-0.25, -0.2) is 16.8 Å². The zero-order valence-electron chi connectivity index (χ0n) is 22.7. The van der Waals surface area contributed by atoms with Gasteiger partial charge in [-0.1, -0.05) is 0 Å². The smallest absolute Gasteiger partial charge is 0.280 e. The van der Waals surface area contributed by atoms with E-state index in [-0.39, 0.29) is 41.2 Å². The molecule has 2 saturated carbocycles. The van der Waals surface area contributed by atoms with Gasteiger partial charge < -0.3 is 11.5 Å². The lowest BCUT2D eigenvalue weighted by Crippen LogP contribution is -2.24. The van der Waals surface area contributed by atoms with E-state index in [0.717, 1.165) is 38.2 Å². The zero-order chi connectivity index (χ0) is 31.0. The van der Waals surface area contributed by atoms with E-state index in [1.165, 1.54) is 24.3 Å². The number of carbonyl (C=O) groups is 2. The molecule has 4 rings (SSSR count). The second-order valence-electron chi connectivity index (χ2n) is 9.88. The van der Waals surface area contributed by atoms with Gasteiger partial charge in [-0.3, -0.25) is 18.0 Å². The van der Waals surface area contributed by atoms with Crippen molar-refractivity contribution >= 4 is 70.0 Å². The molecule has 2 unspecified atom stereocenters. The van der Waals surface area contributed by atoms with Crippen LogP contribution < -0.4 is 11.5 Å². The maximum absolute atomic E-state index is 12.4. The van der Waals surface area contributed by atoms with Crippen LogP contribution in [0.2, 0.25) is 0 Å². The summed E-state index contributed by atoms with van der Waals surface area (Å²) in [6, 6.07) is 5.41. The summed E-state index contributed by atoms with van der Waals surface area (Å²) in [5.74, 6) is -1.14. The van der Waals surface area contributed by atoms with Gasteiger partial charge in [0, 0.05) is 34.1 Å². The van der Waals surface area contributed by atoms with Crippen molar-refractivity contribution in [3.8, 4) is 0 Å². The monoisotopic (exact) mass is 663 g/mol. The number of benzene rings is 2. The van der Waals surface area contributed by atoms with Crippen LogP contribution in [0.1, 0.15) is 57.5 Å². The van der Waals surface area contributed by atoms with Crippen LogP contribution in [-0.4, -0.2) is 65.4 Å². The lowest BCUT2D eigenvalue weighted by Gasteiger charge is -2.11. The Bertz CT molecular complexity index is 1730. The van der Waals surface area contributed by atoms with Crippen LogP contribution >= 0.6 is 11.6 Å². The van der Waals surface area contributed by atoms with Gasteiger partial charge in [0.1, 0.15) is 0 Å². The normalized spacial score (nSPS) is 16.6. The molecule has 41 heavy (non-hydrogen) atoms. The highest BCUT2D eigenvalue weighted by atomic mass is 35.5. The van der Waals surface area contributed by atoms with E-state index in [0.29, 0.717) is 11.1 Å². The second-order valence-corrected chi connectivity index (χ2v) is 17.6. The van der Waals surface area contributed by atoms with E-state index < -0.39 is 58.4 Å². The summed E-state index contributed by atoms with van der Waals surface area (Å²) in [5.41, 5.74) is 11.6. The Hall–Kier alpha value is -2.46. The van der Waals surface area contributed by atoms with Crippen molar-refractivity contribution in [2.45, 2.75) is 69.6 Å². The molecule has 0 aliphatic heterocycles. The first-order valence-electron chi connectivity index (χ1n) is 12.2. The Morgan fingerprint density at radius 2 is 1.15 bits per heavy atom. The third-order valence-electron chi connectivity index (χ3n) is 6.14. The molecule has 2 aromatic rings. The fourth-order valence-corrected chi connectivity index (χ4v) is 9.82. The van der Waals surface area contributed by atoms with Crippen molar-refractivity contribution in [2.75, 3.05) is 12.5 Å². The Morgan fingerprint density at radius 1 is 0.780 bits per heavy atom. The highest BCUT2D eigenvalue weighted by molar-refractivity contribution is 7.92.